The highest BCUT2D eigenvalue weighted by Gasteiger charge is 2.16. The van der Waals surface area contributed by atoms with Crippen molar-refractivity contribution in [2.45, 2.75) is 46.6 Å². The summed E-state index contributed by atoms with van der Waals surface area (Å²) in [5, 5.41) is 13.7. The van der Waals surface area contributed by atoms with Crippen LogP contribution in [0.3, 0.4) is 0 Å². The monoisotopic (exact) mass is 243 g/mol. The molecular weight excluding hydrogens is 222 g/mol. The van der Waals surface area contributed by atoms with Gasteiger partial charge in [-0.25, -0.2) is 4.98 Å². The van der Waals surface area contributed by atoms with Crippen molar-refractivity contribution in [3.63, 3.8) is 0 Å². The summed E-state index contributed by atoms with van der Waals surface area (Å²) in [6.45, 7) is 8.93. The number of aryl methyl sites for hydroxylation is 1. The molecule has 0 aliphatic heterocycles. The lowest BCUT2D eigenvalue weighted by Gasteiger charge is -2.22. The van der Waals surface area contributed by atoms with Crippen molar-refractivity contribution >= 4 is 16.7 Å². The minimum atomic E-state index is -0.339. The average Bonchev–Trinajstić information content (AvgIpc) is 2.59. The molecule has 1 rings (SSSR count). The molecule has 0 saturated carbocycles. The van der Waals surface area contributed by atoms with E-state index in [2.05, 4.69) is 35.4 Å². The first-order chi connectivity index (χ1) is 7.40. The molecule has 1 aromatic heterocycles. The van der Waals surface area contributed by atoms with Crippen LogP contribution >= 0.6 is 11.5 Å². The predicted molar refractivity (Wildman–Crippen MR) is 67.9 cm³/mol. The Labute approximate surface area is 101 Å². The molecule has 0 aliphatic rings. The van der Waals surface area contributed by atoms with Gasteiger partial charge in [0.05, 0.1) is 6.10 Å². The van der Waals surface area contributed by atoms with Crippen molar-refractivity contribution in [1.82, 2.24) is 9.36 Å². The van der Waals surface area contributed by atoms with Crippen molar-refractivity contribution in [2.75, 3.05) is 11.9 Å². The van der Waals surface area contributed by atoms with Gasteiger partial charge in [0.1, 0.15) is 5.82 Å². The number of rotatable bonds is 5. The van der Waals surface area contributed by atoms with Crippen molar-refractivity contribution < 1.29 is 5.11 Å². The SMILES string of the molecule is CCc1nsc(NCC(O)CC(C)(C)C)n1. The largest absolute Gasteiger partial charge is 0.391 e. The molecule has 0 spiro atoms. The molecule has 0 fully saturated rings. The molecule has 4 nitrogen and oxygen atoms in total. The van der Waals surface area contributed by atoms with Crippen LogP contribution in [0.5, 0.6) is 0 Å². The molecule has 0 bridgehead atoms. The fourth-order valence-corrected chi connectivity index (χ4v) is 2.11. The van der Waals surface area contributed by atoms with Crippen LogP contribution in [-0.2, 0) is 6.42 Å². The molecule has 1 atom stereocenters. The minimum absolute atomic E-state index is 0.150. The Morgan fingerprint density at radius 2 is 2.12 bits per heavy atom. The van der Waals surface area contributed by atoms with Gasteiger partial charge < -0.3 is 10.4 Å². The van der Waals surface area contributed by atoms with Crippen LogP contribution in [0, 0.1) is 5.41 Å². The van der Waals surface area contributed by atoms with E-state index in [4.69, 9.17) is 0 Å². The first-order valence-electron chi connectivity index (χ1n) is 5.65. The lowest BCUT2D eigenvalue weighted by molar-refractivity contribution is 0.132. The third kappa shape index (κ3) is 4.90. The van der Waals surface area contributed by atoms with E-state index >= 15 is 0 Å². The molecule has 1 heterocycles. The zero-order valence-corrected chi connectivity index (χ0v) is 11.3. The van der Waals surface area contributed by atoms with Crippen LogP contribution in [-0.4, -0.2) is 27.1 Å². The Hall–Kier alpha value is -0.680. The van der Waals surface area contributed by atoms with Gasteiger partial charge in [0.2, 0.25) is 5.13 Å². The summed E-state index contributed by atoms with van der Waals surface area (Å²) in [4.78, 5) is 4.28. The molecule has 2 N–H and O–H groups in total. The second-order valence-corrected chi connectivity index (χ2v) is 5.92. The summed E-state index contributed by atoms with van der Waals surface area (Å²) in [6, 6.07) is 0. The third-order valence-electron chi connectivity index (χ3n) is 2.12. The number of aromatic nitrogens is 2. The Balaban J connectivity index is 2.34. The summed E-state index contributed by atoms with van der Waals surface area (Å²) in [5.41, 5.74) is 0.150. The van der Waals surface area contributed by atoms with Crippen LogP contribution in [0.25, 0.3) is 0 Å². The van der Waals surface area contributed by atoms with Crippen molar-refractivity contribution in [1.29, 1.82) is 0 Å². The normalized spacial score (nSPS) is 13.8. The number of hydrogen-bond acceptors (Lipinski definition) is 5. The van der Waals surface area contributed by atoms with Crippen LogP contribution in [0.15, 0.2) is 0 Å². The van der Waals surface area contributed by atoms with Crippen LogP contribution < -0.4 is 5.32 Å². The predicted octanol–water partition coefficient (Wildman–Crippen LogP) is 2.31. The molecule has 16 heavy (non-hydrogen) atoms. The third-order valence-corrected chi connectivity index (χ3v) is 2.83. The van der Waals surface area contributed by atoms with Crippen molar-refractivity contribution in [2.24, 2.45) is 5.41 Å². The minimum Gasteiger partial charge on any atom is -0.391 e. The molecule has 0 aliphatic carbocycles. The molecule has 0 saturated heterocycles. The zero-order valence-electron chi connectivity index (χ0n) is 10.4. The van der Waals surface area contributed by atoms with E-state index in [-0.39, 0.29) is 11.5 Å². The van der Waals surface area contributed by atoms with E-state index < -0.39 is 0 Å². The van der Waals surface area contributed by atoms with Gasteiger partial charge >= 0.3 is 0 Å². The molecule has 92 valence electrons. The van der Waals surface area contributed by atoms with Gasteiger partial charge in [-0.1, -0.05) is 27.7 Å². The number of anilines is 1. The van der Waals surface area contributed by atoms with E-state index in [1.54, 1.807) is 0 Å². The van der Waals surface area contributed by atoms with Gasteiger partial charge in [0.25, 0.3) is 0 Å². The van der Waals surface area contributed by atoms with E-state index in [1.807, 2.05) is 6.92 Å². The van der Waals surface area contributed by atoms with Crippen molar-refractivity contribution in [3.05, 3.63) is 5.82 Å². The lowest BCUT2D eigenvalue weighted by atomic mass is 9.89. The van der Waals surface area contributed by atoms with E-state index in [9.17, 15) is 5.11 Å². The Kier molecular flexibility index (Phi) is 4.68. The smallest absolute Gasteiger partial charge is 0.202 e. The van der Waals surface area contributed by atoms with Crippen LogP contribution in [0.1, 0.15) is 39.9 Å². The standard InChI is InChI=1S/C11H21N3OS/c1-5-9-13-10(16-14-9)12-7-8(15)6-11(2,3)4/h8,15H,5-7H2,1-4H3,(H,12,13,14). The van der Waals surface area contributed by atoms with Gasteiger partial charge in [-0.2, -0.15) is 4.37 Å². The van der Waals surface area contributed by atoms with E-state index in [0.717, 1.165) is 23.8 Å². The van der Waals surface area contributed by atoms with Gasteiger partial charge in [-0.05, 0) is 11.8 Å². The summed E-state index contributed by atoms with van der Waals surface area (Å²) in [6.07, 6.45) is 1.29. The quantitative estimate of drug-likeness (QED) is 0.833. The fraction of sp³-hybridized carbons (Fsp3) is 0.818. The highest BCUT2D eigenvalue weighted by Crippen LogP contribution is 2.21. The van der Waals surface area contributed by atoms with Gasteiger partial charge in [-0.3, -0.25) is 0 Å². The summed E-state index contributed by atoms with van der Waals surface area (Å²) >= 11 is 1.35. The average molecular weight is 243 g/mol. The zero-order chi connectivity index (χ0) is 12.2. The first-order valence-corrected chi connectivity index (χ1v) is 6.42. The Bertz CT molecular complexity index is 319. The highest BCUT2D eigenvalue weighted by atomic mass is 32.1. The molecule has 5 heteroatoms. The number of nitrogens with zero attached hydrogens (tertiary/aromatic N) is 2. The van der Waals surface area contributed by atoms with E-state index in [0.29, 0.717) is 6.54 Å². The highest BCUT2D eigenvalue weighted by molar-refractivity contribution is 7.09. The number of aliphatic hydroxyl groups excluding tert-OH is 1. The molecule has 0 radical (unpaired) electrons. The molecule has 1 aromatic rings. The second kappa shape index (κ2) is 5.59. The molecular formula is C11H21N3OS. The van der Waals surface area contributed by atoms with Gasteiger partial charge in [-0.15, -0.1) is 0 Å². The molecule has 0 aromatic carbocycles. The maximum absolute atomic E-state index is 9.80. The van der Waals surface area contributed by atoms with Crippen LogP contribution in [0.2, 0.25) is 0 Å². The Morgan fingerprint density at radius 1 is 1.44 bits per heavy atom. The first kappa shape index (κ1) is 13.4. The maximum atomic E-state index is 9.80. The fourth-order valence-electron chi connectivity index (χ4n) is 1.45. The lowest BCUT2D eigenvalue weighted by Crippen LogP contribution is -2.25. The summed E-state index contributed by atoms with van der Waals surface area (Å²) in [5.74, 6) is 0.859. The number of hydrogen-bond donors (Lipinski definition) is 2. The number of aliphatic hydroxyl groups is 1. The van der Waals surface area contributed by atoms with Gasteiger partial charge in [0, 0.05) is 24.5 Å². The molecule has 0 amide bonds. The molecule has 1 unspecified atom stereocenters. The van der Waals surface area contributed by atoms with Crippen LogP contribution in [0.4, 0.5) is 5.13 Å². The second-order valence-electron chi connectivity index (χ2n) is 5.17. The summed E-state index contributed by atoms with van der Waals surface area (Å²) in [7, 11) is 0. The topological polar surface area (TPSA) is 58.0 Å². The Morgan fingerprint density at radius 3 is 2.62 bits per heavy atom. The summed E-state index contributed by atoms with van der Waals surface area (Å²) < 4.78 is 4.17. The van der Waals surface area contributed by atoms with Crippen molar-refractivity contribution in [3.8, 4) is 0 Å². The van der Waals surface area contributed by atoms with Gasteiger partial charge in [0.15, 0.2) is 0 Å². The van der Waals surface area contributed by atoms with E-state index in [1.165, 1.54) is 11.5 Å². The number of nitrogens with one attached hydrogen (secondary N) is 1. The maximum Gasteiger partial charge on any atom is 0.202 e.